The SMILES string of the molecule is CC1CCC2(CC1)NC(=O)N(CC(=O)N(C)C(C)c1nc3ccccc3s1)C2=O. The molecule has 8 heteroatoms. The van der Waals surface area contributed by atoms with Crippen molar-refractivity contribution in [2.75, 3.05) is 13.6 Å². The second-order valence-corrected chi connectivity index (χ2v) is 9.35. The number of para-hydroxylation sites is 1. The quantitative estimate of drug-likeness (QED) is 0.778. The Morgan fingerprint density at radius 1 is 1.34 bits per heavy atom. The van der Waals surface area contributed by atoms with Crippen LogP contribution in [0.4, 0.5) is 4.79 Å². The van der Waals surface area contributed by atoms with Gasteiger partial charge in [-0.3, -0.25) is 14.5 Å². The Bertz CT molecular complexity index is 931. The van der Waals surface area contributed by atoms with Crippen molar-refractivity contribution in [1.29, 1.82) is 0 Å². The molecule has 154 valence electrons. The smallest absolute Gasteiger partial charge is 0.325 e. The molecule has 1 saturated heterocycles. The first-order valence-electron chi connectivity index (χ1n) is 10.1. The number of rotatable bonds is 4. The van der Waals surface area contributed by atoms with E-state index in [-0.39, 0.29) is 24.4 Å². The van der Waals surface area contributed by atoms with Gasteiger partial charge in [0.05, 0.1) is 16.3 Å². The number of imide groups is 1. The van der Waals surface area contributed by atoms with E-state index < -0.39 is 11.6 Å². The molecule has 1 unspecified atom stereocenters. The van der Waals surface area contributed by atoms with Crippen molar-refractivity contribution >= 4 is 39.4 Å². The monoisotopic (exact) mass is 414 g/mol. The zero-order chi connectivity index (χ0) is 20.8. The third-order valence-electron chi connectivity index (χ3n) is 6.31. The highest BCUT2D eigenvalue weighted by Gasteiger charge is 2.52. The van der Waals surface area contributed by atoms with Crippen molar-refractivity contribution in [3.8, 4) is 0 Å². The summed E-state index contributed by atoms with van der Waals surface area (Å²) >= 11 is 1.55. The van der Waals surface area contributed by atoms with Crippen molar-refractivity contribution in [3.63, 3.8) is 0 Å². The fourth-order valence-corrected chi connectivity index (χ4v) is 5.17. The molecule has 1 spiro atoms. The van der Waals surface area contributed by atoms with Crippen LogP contribution < -0.4 is 5.32 Å². The number of carbonyl (C=O) groups is 3. The summed E-state index contributed by atoms with van der Waals surface area (Å²) in [5, 5.41) is 3.70. The molecule has 2 aliphatic rings. The number of benzene rings is 1. The average Bonchev–Trinajstić information content (AvgIpc) is 3.24. The molecule has 2 aromatic rings. The second-order valence-electron chi connectivity index (χ2n) is 8.29. The highest BCUT2D eigenvalue weighted by Crippen LogP contribution is 2.36. The fourth-order valence-electron chi connectivity index (χ4n) is 4.11. The Labute approximate surface area is 174 Å². The highest BCUT2D eigenvalue weighted by molar-refractivity contribution is 7.18. The van der Waals surface area contributed by atoms with Gasteiger partial charge in [-0.05, 0) is 50.7 Å². The van der Waals surface area contributed by atoms with E-state index in [0.717, 1.165) is 33.0 Å². The van der Waals surface area contributed by atoms with E-state index in [9.17, 15) is 14.4 Å². The van der Waals surface area contributed by atoms with Crippen molar-refractivity contribution in [3.05, 3.63) is 29.3 Å². The summed E-state index contributed by atoms with van der Waals surface area (Å²) < 4.78 is 1.07. The normalized spacial score (nSPS) is 25.5. The van der Waals surface area contributed by atoms with Crippen molar-refractivity contribution in [1.82, 2.24) is 20.1 Å². The van der Waals surface area contributed by atoms with Gasteiger partial charge in [0.15, 0.2) is 0 Å². The third kappa shape index (κ3) is 3.50. The van der Waals surface area contributed by atoms with E-state index in [1.54, 1.807) is 23.3 Å². The minimum Gasteiger partial charge on any atom is -0.335 e. The van der Waals surface area contributed by atoms with E-state index >= 15 is 0 Å². The summed E-state index contributed by atoms with van der Waals surface area (Å²) in [7, 11) is 1.69. The summed E-state index contributed by atoms with van der Waals surface area (Å²) in [4.78, 5) is 45.6. The first kappa shape index (κ1) is 19.8. The van der Waals surface area contributed by atoms with Crippen LogP contribution >= 0.6 is 11.3 Å². The maximum Gasteiger partial charge on any atom is 0.325 e. The van der Waals surface area contributed by atoms with Crippen LogP contribution in [0.25, 0.3) is 10.2 Å². The van der Waals surface area contributed by atoms with Gasteiger partial charge in [0.2, 0.25) is 5.91 Å². The molecule has 4 rings (SSSR count). The minimum absolute atomic E-state index is 0.242. The first-order chi connectivity index (χ1) is 13.8. The zero-order valence-electron chi connectivity index (χ0n) is 17.0. The van der Waals surface area contributed by atoms with Gasteiger partial charge in [0.25, 0.3) is 5.91 Å². The third-order valence-corrected chi connectivity index (χ3v) is 7.52. The lowest BCUT2D eigenvalue weighted by Crippen LogP contribution is -2.50. The van der Waals surface area contributed by atoms with Crippen LogP contribution in [0.3, 0.4) is 0 Å². The number of hydrogen-bond acceptors (Lipinski definition) is 5. The maximum atomic E-state index is 13.0. The lowest BCUT2D eigenvalue weighted by Gasteiger charge is -2.33. The molecule has 1 aliphatic heterocycles. The molecule has 1 N–H and O–H groups in total. The second kappa shape index (κ2) is 7.40. The number of fused-ring (bicyclic) bond motifs is 1. The van der Waals surface area contributed by atoms with Crippen molar-refractivity contribution in [2.45, 2.75) is 51.1 Å². The molecule has 0 radical (unpaired) electrons. The van der Waals surface area contributed by atoms with Crippen LogP contribution in [0.1, 0.15) is 50.6 Å². The van der Waals surface area contributed by atoms with E-state index in [1.165, 1.54) is 0 Å². The van der Waals surface area contributed by atoms with Crippen LogP contribution in [-0.2, 0) is 9.59 Å². The standard InChI is InChI=1S/C21H26N4O3S/c1-13-8-10-21(11-9-13)19(27)25(20(28)23-21)12-17(26)24(3)14(2)18-22-15-6-4-5-7-16(15)29-18/h4-7,13-14H,8-12H2,1-3H3,(H,23,28). The van der Waals surface area contributed by atoms with Gasteiger partial charge in [-0.1, -0.05) is 19.1 Å². The molecule has 4 amide bonds. The number of carbonyl (C=O) groups excluding carboxylic acids is 3. The summed E-state index contributed by atoms with van der Waals surface area (Å²) in [5.41, 5.74) is 0.0870. The minimum atomic E-state index is -0.818. The Hall–Kier alpha value is -2.48. The molecule has 7 nitrogen and oxygen atoms in total. The average molecular weight is 415 g/mol. The Kier molecular flexibility index (Phi) is 5.06. The largest absolute Gasteiger partial charge is 0.335 e. The number of amides is 4. The van der Waals surface area contributed by atoms with Gasteiger partial charge in [0.1, 0.15) is 17.1 Å². The van der Waals surface area contributed by atoms with Gasteiger partial charge in [0, 0.05) is 7.05 Å². The number of likely N-dealkylation sites (N-methyl/N-ethyl adjacent to an activating group) is 1. The van der Waals surface area contributed by atoms with Gasteiger partial charge in [-0.2, -0.15) is 0 Å². The first-order valence-corrected chi connectivity index (χ1v) is 10.9. The van der Waals surface area contributed by atoms with Gasteiger partial charge < -0.3 is 10.2 Å². The van der Waals surface area contributed by atoms with E-state index in [4.69, 9.17) is 0 Å². The predicted molar refractivity (Wildman–Crippen MR) is 111 cm³/mol. The number of urea groups is 1. The van der Waals surface area contributed by atoms with Crippen LogP contribution in [0.2, 0.25) is 0 Å². The molecule has 1 atom stereocenters. The van der Waals surface area contributed by atoms with Gasteiger partial charge in [-0.25, -0.2) is 9.78 Å². The number of thiazole rings is 1. The molecule has 1 aliphatic carbocycles. The lowest BCUT2D eigenvalue weighted by atomic mass is 9.77. The van der Waals surface area contributed by atoms with Gasteiger partial charge in [-0.15, -0.1) is 11.3 Å². The van der Waals surface area contributed by atoms with Crippen LogP contribution in [0.15, 0.2) is 24.3 Å². The Morgan fingerprint density at radius 3 is 2.72 bits per heavy atom. The molecule has 0 bridgehead atoms. The molecule has 29 heavy (non-hydrogen) atoms. The van der Waals surface area contributed by atoms with Gasteiger partial charge >= 0.3 is 6.03 Å². The van der Waals surface area contributed by atoms with E-state index in [2.05, 4.69) is 17.2 Å². The zero-order valence-corrected chi connectivity index (χ0v) is 17.8. The van der Waals surface area contributed by atoms with Crippen LogP contribution in [-0.4, -0.2) is 51.8 Å². The molecular formula is C21H26N4O3S. The summed E-state index contributed by atoms with van der Waals surface area (Å²) in [6.07, 6.45) is 3.09. The number of nitrogens with one attached hydrogen (secondary N) is 1. The summed E-state index contributed by atoms with van der Waals surface area (Å²) in [6, 6.07) is 7.14. The topological polar surface area (TPSA) is 82.6 Å². The summed E-state index contributed by atoms with van der Waals surface area (Å²) in [5.74, 6) is 0.0204. The number of hydrogen-bond donors (Lipinski definition) is 1. The highest BCUT2D eigenvalue weighted by atomic mass is 32.1. The molecular weight excluding hydrogens is 388 g/mol. The maximum absolute atomic E-state index is 13.0. The van der Waals surface area contributed by atoms with Crippen molar-refractivity contribution < 1.29 is 14.4 Å². The molecule has 2 fully saturated rings. The molecule has 2 heterocycles. The van der Waals surface area contributed by atoms with Crippen molar-refractivity contribution in [2.24, 2.45) is 5.92 Å². The lowest BCUT2D eigenvalue weighted by molar-refractivity contribution is -0.140. The summed E-state index contributed by atoms with van der Waals surface area (Å²) in [6.45, 7) is 3.83. The molecule has 1 aromatic carbocycles. The predicted octanol–water partition coefficient (Wildman–Crippen LogP) is 3.32. The van der Waals surface area contributed by atoms with Crippen LogP contribution in [0.5, 0.6) is 0 Å². The Balaban J connectivity index is 1.45. The number of aromatic nitrogens is 1. The Morgan fingerprint density at radius 2 is 2.03 bits per heavy atom. The molecule has 1 aromatic heterocycles. The van der Waals surface area contributed by atoms with Crippen LogP contribution in [0, 0.1) is 5.92 Å². The van der Waals surface area contributed by atoms with E-state index in [1.807, 2.05) is 31.2 Å². The fraction of sp³-hybridized carbons (Fsp3) is 0.524. The molecule has 1 saturated carbocycles. The van der Waals surface area contributed by atoms with E-state index in [0.29, 0.717) is 18.8 Å². The number of nitrogens with zero attached hydrogens (tertiary/aromatic N) is 3.